The molecule has 0 unspecified atom stereocenters. The van der Waals surface area contributed by atoms with Crippen molar-refractivity contribution in [2.24, 2.45) is 5.10 Å². The molecule has 2 aromatic carbocycles. The first-order valence-corrected chi connectivity index (χ1v) is 10.3. The second kappa shape index (κ2) is 7.59. The lowest BCUT2D eigenvalue weighted by molar-refractivity contribution is -0.118. The Kier molecular flexibility index (Phi) is 4.77. The number of benzene rings is 2. The number of hydrogen-bond donors (Lipinski definition) is 0. The average molecular weight is 435 g/mol. The molecule has 0 fully saturated rings. The third-order valence-corrected chi connectivity index (χ3v) is 5.69. The van der Waals surface area contributed by atoms with Crippen molar-refractivity contribution in [3.8, 4) is 11.3 Å². The number of imidazole rings is 1. The summed E-state index contributed by atoms with van der Waals surface area (Å²) in [6.07, 6.45) is 2.77. The van der Waals surface area contributed by atoms with Crippen molar-refractivity contribution in [2.75, 3.05) is 5.01 Å². The van der Waals surface area contributed by atoms with Crippen LogP contribution in [0.3, 0.4) is 0 Å². The molecule has 2 aromatic heterocycles. The van der Waals surface area contributed by atoms with Crippen LogP contribution in [0.4, 0.5) is 5.69 Å². The molecular weight excluding hydrogens is 419 g/mol. The third kappa shape index (κ3) is 3.16. The Labute approximate surface area is 183 Å². The summed E-state index contributed by atoms with van der Waals surface area (Å²) < 4.78 is 1.98. The molecule has 148 valence electrons. The topological polar surface area (TPSA) is 50.0 Å². The van der Waals surface area contributed by atoms with Crippen LogP contribution < -0.4 is 5.01 Å². The molecule has 5 rings (SSSR count). The highest BCUT2D eigenvalue weighted by molar-refractivity contribution is 6.34. The number of amides is 1. The quantitative estimate of drug-likeness (QED) is 0.406. The van der Waals surface area contributed by atoms with Gasteiger partial charge >= 0.3 is 0 Å². The van der Waals surface area contributed by atoms with Crippen LogP contribution in [0.1, 0.15) is 18.5 Å². The lowest BCUT2D eigenvalue weighted by atomic mass is 10.0. The maximum absolute atomic E-state index is 12.7. The van der Waals surface area contributed by atoms with Gasteiger partial charge in [0.15, 0.2) is 0 Å². The fraction of sp³-hybridized carbons (Fsp3) is 0.0870. The number of hydrogen-bond acceptors (Lipinski definition) is 3. The summed E-state index contributed by atoms with van der Waals surface area (Å²) in [6, 6.07) is 20.6. The summed E-state index contributed by atoms with van der Waals surface area (Å²) in [4.78, 5) is 17.5. The van der Waals surface area contributed by atoms with Crippen LogP contribution >= 0.6 is 23.2 Å². The van der Waals surface area contributed by atoms with Gasteiger partial charge in [-0.15, -0.1) is 0 Å². The number of rotatable bonds is 3. The van der Waals surface area contributed by atoms with Crippen molar-refractivity contribution in [3.05, 3.63) is 88.7 Å². The van der Waals surface area contributed by atoms with Gasteiger partial charge < -0.3 is 0 Å². The Morgan fingerprint density at radius 3 is 2.37 bits per heavy atom. The zero-order chi connectivity index (χ0) is 20.7. The SMILES string of the molecule is O=C1CCC(c2c(-c3ccccc3Cl)nc3ccccn23)=NN1c1ccccc1Cl. The zero-order valence-electron chi connectivity index (χ0n) is 15.8. The largest absolute Gasteiger partial charge is 0.298 e. The van der Waals surface area contributed by atoms with E-state index in [2.05, 4.69) is 0 Å². The van der Waals surface area contributed by atoms with Gasteiger partial charge in [-0.25, -0.2) is 4.98 Å². The maximum Gasteiger partial charge on any atom is 0.247 e. The van der Waals surface area contributed by atoms with Gasteiger partial charge in [-0.05, 0) is 30.3 Å². The molecule has 0 bridgehead atoms. The lowest BCUT2D eigenvalue weighted by Gasteiger charge is -2.24. The van der Waals surface area contributed by atoms with Crippen LogP contribution in [-0.4, -0.2) is 21.0 Å². The van der Waals surface area contributed by atoms with E-state index in [9.17, 15) is 4.79 Å². The molecule has 0 saturated heterocycles. The van der Waals surface area contributed by atoms with Gasteiger partial charge in [0.2, 0.25) is 5.91 Å². The van der Waals surface area contributed by atoms with Crippen LogP contribution in [0.2, 0.25) is 10.0 Å². The van der Waals surface area contributed by atoms with Gasteiger partial charge in [0.05, 0.1) is 27.1 Å². The molecule has 30 heavy (non-hydrogen) atoms. The Bertz CT molecular complexity index is 1310. The Morgan fingerprint density at radius 2 is 1.57 bits per heavy atom. The van der Waals surface area contributed by atoms with Gasteiger partial charge in [-0.2, -0.15) is 10.1 Å². The minimum Gasteiger partial charge on any atom is -0.298 e. The highest BCUT2D eigenvalue weighted by atomic mass is 35.5. The van der Waals surface area contributed by atoms with E-state index < -0.39 is 0 Å². The van der Waals surface area contributed by atoms with Crippen LogP contribution in [0.5, 0.6) is 0 Å². The molecule has 0 spiro atoms. The Balaban J connectivity index is 1.74. The molecule has 4 aromatic rings. The summed E-state index contributed by atoms with van der Waals surface area (Å²) in [6.45, 7) is 0. The molecule has 0 radical (unpaired) electrons. The second-order valence-electron chi connectivity index (χ2n) is 6.92. The number of aromatic nitrogens is 2. The second-order valence-corrected chi connectivity index (χ2v) is 7.74. The Hall–Kier alpha value is -3.15. The highest BCUT2D eigenvalue weighted by Crippen LogP contribution is 2.34. The smallest absolute Gasteiger partial charge is 0.247 e. The number of pyridine rings is 1. The summed E-state index contributed by atoms with van der Waals surface area (Å²) in [5.41, 5.74) is 4.48. The molecule has 1 aliphatic heterocycles. The van der Waals surface area contributed by atoms with E-state index in [-0.39, 0.29) is 5.91 Å². The van der Waals surface area contributed by atoms with E-state index in [4.69, 9.17) is 33.3 Å². The number of fused-ring (bicyclic) bond motifs is 1. The number of carbonyl (C=O) groups is 1. The first kappa shape index (κ1) is 18.9. The Morgan fingerprint density at radius 1 is 0.833 bits per heavy atom. The maximum atomic E-state index is 12.7. The molecular formula is C23H16Cl2N4O. The zero-order valence-corrected chi connectivity index (χ0v) is 17.3. The van der Waals surface area contributed by atoms with E-state index in [0.29, 0.717) is 28.6 Å². The summed E-state index contributed by atoms with van der Waals surface area (Å²) in [5, 5.41) is 7.18. The summed E-state index contributed by atoms with van der Waals surface area (Å²) in [5.74, 6) is -0.0973. The van der Waals surface area contributed by atoms with E-state index in [1.807, 2.05) is 65.2 Å². The molecule has 7 heteroatoms. The fourth-order valence-electron chi connectivity index (χ4n) is 3.65. The minimum absolute atomic E-state index is 0.0973. The number of hydrazone groups is 1. The van der Waals surface area contributed by atoms with Crippen LogP contribution in [0, 0.1) is 0 Å². The van der Waals surface area contributed by atoms with Crippen molar-refractivity contribution >= 4 is 46.2 Å². The summed E-state index contributed by atoms with van der Waals surface area (Å²) in [7, 11) is 0. The van der Waals surface area contributed by atoms with Crippen molar-refractivity contribution < 1.29 is 4.79 Å². The van der Waals surface area contributed by atoms with Crippen LogP contribution in [0.25, 0.3) is 16.9 Å². The minimum atomic E-state index is -0.0973. The summed E-state index contributed by atoms with van der Waals surface area (Å²) >= 11 is 12.8. The van der Waals surface area contributed by atoms with Crippen LogP contribution in [0.15, 0.2) is 78.0 Å². The van der Waals surface area contributed by atoms with Crippen molar-refractivity contribution in [3.63, 3.8) is 0 Å². The number of carbonyl (C=O) groups excluding carboxylic acids is 1. The van der Waals surface area contributed by atoms with Crippen molar-refractivity contribution in [1.29, 1.82) is 0 Å². The first-order valence-electron chi connectivity index (χ1n) is 9.51. The molecule has 3 heterocycles. The normalized spacial score (nSPS) is 14.3. The molecule has 5 nitrogen and oxygen atoms in total. The van der Waals surface area contributed by atoms with E-state index in [1.165, 1.54) is 5.01 Å². The fourth-order valence-corrected chi connectivity index (χ4v) is 4.09. The van der Waals surface area contributed by atoms with E-state index in [0.717, 1.165) is 28.3 Å². The molecule has 0 aliphatic carbocycles. The molecule has 0 N–H and O–H groups in total. The molecule has 1 aliphatic rings. The van der Waals surface area contributed by atoms with Gasteiger partial charge in [0.25, 0.3) is 0 Å². The standard InChI is InChI=1S/C23H16Cl2N4O/c24-16-8-2-1-7-15(16)22-23(28-14-6-5-11-20(28)26-22)18-12-13-21(30)29(27-18)19-10-4-3-9-17(19)25/h1-11,14H,12-13H2. The molecule has 0 atom stereocenters. The number of para-hydroxylation sites is 1. The van der Waals surface area contributed by atoms with Gasteiger partial charge in [0.1, 0.15) is 11.3 Å². The predicted octanol–water partition coefficient (Wildman–Crippen LogP) is 5.84. The van der Waals surface area contributed by atoms with Gasteiger partial charge in [0, 0.05) is 24.6 Å². The van der Waals surface area contributed by atoms with Gasteiger partial charge in [-0.1, -0.05) is 59.6 Å². The van der Waals surface area contributed by atoms with Gasteiger partial charge in [-0.3, -0.25) is 9.20 Å². The number of anilines is 1. The third-order valence-electron chi connectivity index (χ3n) is 5.05. The van der Waals surface area contributed by atoms with E-state index >= 15 is 0 Å². The van der Waals surface area contributed by atoms with E-state index in [1.54, 1.807) is 12.1 Å². The number of nitrogens with zero attached hydrogens (tertiary/aromatic N) is 4. The molecule has 0 saturated carbocycles. The average Bonchev–Trinajstić information content (AvgIpc) is 3.14. The lowest BCUT2D eigenvalue weighted by Crippen LogP contribution is -2.32. The van der Waals surface area contributed by atoms with Crippen LogP contribution in [-0.2, 0) is 4.79 Å². The first-order chi connectivity index (χ1) is 14.6. The predicted molar refractivity (Wildman–Crippen MR) is 120 cm³/mol. The number of halogens is 2. The highest BCUT2D eigenvalue weighted by Gasteiger charge is 2.28. The van der Waals surface area contributed by atoms with Crippen molar-refractivity contribution in [2.45, 2.75) is 12.8 Å². The molecule has 1 amide bonds. The monoisotopic (exact) mass is 434 g/mol. The van der Waals surface area contributed by atoms with Crippen molar-refractivity contribution in [1.82, 2.24) is 9.38 Å².